The third-order valence-corrected chi connectivity index (χ3v) is 4.39. The first-order chi connectivity index (χ1) is 8.41. The summed E-state index contributed by atoms with van der Waals surface area (Å²) in [6.07, 6.45) is 6.92. The molecule has 1 heterocycles. The predicted molar refractivity (Wildman–Crippen MR) is 72.5 cm³/mol. The minimum Gasteiger partial charge on any atom is -0.363 e. The molecule has 0 bridgehead atoms. The molecular formula is C15H22N2. The van der Waals surface area contributed by atoms with Crippen molar-refractivity contribution >= 4 is 5.69 Å². The van der Waals surface area contributed by atoms with Crippen LogP contribution in [0.15, 0.2) is 30.3 Å². The summed E-state index contributed by atoms with van der Waals surface area (Å²) in [5.74, 6) is 0. The van der Waals surface area contributed by atoms with Crippen molar-refractivity contribution in [3.05, 3.63) is 30.3 Å². The van der Waals surface area contributed by atoms with Crippen LogP contribution >= 0.6 is 0 Å². The number of piperazine rings is 1. The van der Waals surface area contributed by atoms with Gasteiger partial charge < -0.3 is 10.2 Å². The van der Waals surface area contributed by atoms with Crippen LogP contribution in [-0.2, 0) is 0 Å². The van der Waals surface area contributed by atoms with Crippen molar-refractivity contribution < 1.29 is 0 Å². The first-order valence-corrected chi connectivity index (χ1v) is 6.94. The third kappa shape index (κ3) is 2.06. The molecule has 0 unspecified atom stereocenters. The van der Waals surface area contributed by atoms with Crippen LogP contribution in [0.5, 0.6) is 0 Å². The molecule has 2 nitrogen and oxygen atoms in total. The molecular weight excluding hydrogens is 208 g/mol. The summed E-state index contributed by atoms with van der Waals surface area (Å²) >= 11 is 0. The summed E-state index contributed by atoms with van der Waals surface area (Å²) in [6.45, 7) is 3.45. The summed E-state index contributed by atoms with van der Waals surface area (Å²) in [5.41, 5.74) is 1.81. The molecule has 1 aromatic rings. The Kier molecular flexibility index (Phi) is 3.06. The van der Waals surface area contributed by atoms with E-state index in [0.717, 1.165) is 13.1 Å². The Morgan fingerprint density at radius 3 is 2.53 bits per heavy atom. The van der Waals surface area contributed by atoms with Crippen molar-refractivity contribution in [2.75, 3.05) is 24.5 Å². The number of hydrogen-bond donors (Lipinski definition) is 1. The molecule has 0 atom stereocenters. The van der Waals surface area contributed by atoms with E-state index in [1.54, 1.807) is 0 Å². The molecule has 0 aromatic heterocycles. The highest BCUT2D eigenvalue weighted by atomic mass is 15.3. The SMILES string of the molecule is c1ccc(N2CCNCC23CCCCC3)cc1. The Hall–Kier alpha value is -1.02. The van der Waals surface area contributed by atoms with Gasteiger partial charge in [-0.3, -0.25) is 0 Å². The molecule has 17 heavy (non-hydrogen) atoms. The van der Waals surface area contributed by atoms with Crippen molar-refractivity contribution in [3.8, 4) is 0 Å². The molecule has 1 spiro atoms. The maximum atomic E-state index is 3.60. The highest BCUT2D eigenvalue weighted by Crippen LogP contribution is 2.37. The predicted octanol–water partition coefficient (Wildman–Crippen LogP) is 2.80. The fraction of sp³-hybridized carbons (Fsp3) is 0.600. The Balaban J connectivity index is 1.89. The van der Waals surface area contributed by atoms with E-state index in [9.17, 15) is 0 Å². The number of para-hydroxylation sites is 1. The quantitative estimate of drug-likeness (QED) is 0.798. The first kappa shape index (κ1) is 11.1. The van der Waals surface area contributed by atoms with Gasteiger partial charge in [0.15, 0.2) is 0 Å². The average molecular weight is 230 g/mol. The van der Waals surface area contributed by atoms with Gasteiger partial charge in [-0.05, 0) is 25.0 Å². The second-order valence-corrected chi connectivity index (χ2v) is 5.45. The Bertz CT molecular complexity index is 346. The molecule has 92 valence electrons. The smallest absolute Gasteiger partial charge is 0.0526 e. The summed E-state index contributed by atoms with van der Waals surface area (Å²) in [4.78, 5) is 2.67. The topological polar surface area (TPSA) is 15.3 Å². The van der Waals surface area contributed by atoms with E-state index in [2.05, 4.69) is 40.5 Å². The van der Waals surface area contributed by atoms with Crippen molar-refractivity contribution in [1.82, 2.24) is 5.32 Å². The van der Waals surface area contributed by atoms with Gasteiger partial charge in [0.25, 0.3) is 0 Å². The minimum absolute atomic E-state index is 0.401. The van der Waals surface area contributed by atoms with Crippen LogP contribution in [0, 0.1) is 0 Å². The van der Waals surface area contributed by atoms with E-state index in [1.165, 1.54) is 44.3 Å². The zero-order valence-corrected chi connectivity index (χ0v) is 10.5. The monoisotopic (exact) mass is 230 g/mol. The number of rotatable bonds is 1. The third-order valence-electron chi connectivity index (χ3n) is 4.39. The average Bonchev–Trinajstić information content (AvgIpc) is 2.41. The molecule has 2 aliphatic rings. The van der Waals surface area contributed by atoms with Gasteiger partial charge in [0.2, 0.25) is 0 Å². The van der Waals surface area contributed by atoms with E-state index in [4.69, 9.17) is 0 Å². The van der Waals surface area contributed by atoms with Crippen molar-refractivity contribution in [1.29, 1.82) is 0 Å². The van der Waals surface area contributed by atoms with Gasteiger partial charge in [0.05, 0.1) is 5.54 Å². The lowest BCUT2D eigenvalue weighted by atomic mass is 9.78. The van der Waals surface area contributed by atoms with E-state index in [1.807, 2.05) is 0 Å². The summed E-state index contributed by atoms with van der Waals surface area (Å²) in [7, 11) is 0. The second kappa shape index (κ2) is 4.69. The van der Waals surface area contributed by atoms with E-state index >= 15 is 0 Å². The van der Waals surface area contributed by atoms with E-state index in [0.29, 0.717) is 5.54 Å². The lowest BCUT2D eigenvalue weighted by molar-refractivity contribution is 0.241. The molecule has 2 fully saturated rings. The maximum Gasteiger partial charge on any atom is 0.0526 e. The zero-order valence-electron chi connectivity index (χ0n) is 10.5. The molecule has 3 rings (SSSR count). The largest absolute Gasteiger partial charge is 0.363 e. The van der Waals surface area contributed by atoms with Gasteiger partial charge in [0.1, 0.15) is 0 Å². The van der Waals surface area contributed by atoms with Gasteiger partial charge in [-0.15, -0.1) is 0 Å². The molecule has 0 amide bonds. The number of nitrogens with zero attached hydrogens (tertiary/aromatic N) is 1. The van der Waals surface area contributed by atoms with Gasteiger partial charge in [-0.25, -0.2) is 0 Å². The fourth-order valence-corrected chi connectivity index (χ4v) is 3.51. The molecule has 1 aliphatic carbocycles. The fourth-order valence-electron chi connectivity index (χ4n) is 3.51. The van der Waals surface area contributed by atoms with Crippen LogP contribution in [0.4, 0.5) is 5.69 Å². The lowest BCUT2D eigenvalue weighted by Crippen LogP contribution is -2.62. The Morgan fingerprint density at radius 1 is 1.00 bits per heavy atom. The van der Waals surface area contributed by atoms with Crippen molar-refractivity contribution in [2.45, 2.75) is 37.6 Å². The highest BCUT2D eigenvalue weighted by Gasteiger charge is 2.39. The minimum atomic E-state index is 0.401. The molecule has 1 N–H and O–H groups in total. The van der Waals surface area contributed by atoms with Crippen LogP contribution in [0.2, 0.25) is 0 Å². The molecule has 1 aromatic carbocycles. The summed E-state index contributed by atoms with van der Waals surface area (Å²) < 4.78 is 0. The zero-order chi connectivity index (χ0) is 11.6. The maximum absolute atomic E-state index is 3.60. The highest BCUT2D eigenvalue weighted by molar-refractivity contribution is 5.50. The molecule has 2 heteroatoms. The molecule has 1 saturated carbocycles. The van der Waals surface area contributed by atoms with Crippen LogP contribution in [0.25, 0.3) is 0 Å². The number of nitrogens with one attached hydrogen (secondary N) is 1. The normalized spacial score (nSPS) is 23.9. The molecule has 0 radical (unpaired) electrons. The second-order valence-electron chi connectivity index (χ2n) is 5.45. The van der Waals surface area contributed by atoms with Gasteiger partial charge in [-0.2, -0.15) is 0 Å². The van der Waals surface area contributed by atoms with Gasteiger partial charge in [0, 0.05) is 25.3 Å². The van der Waals surface area contributed by atoms with Crippen molar-refractivity contribution in [3.63, 3.8) is 0 Å². The molecule has 1 aliphatic heterocycles. The van der Waals surface area contributed by atoms with Crippen molar-refractivity contribution in [2.24, 2.45) is 0 Å². The summed E-state index contributed by atoms with van der Waals surface area (Å²) in [5, 5.41) is 3.60. The summed E-state index contributed by atoms with van der Waals surface area (Å²) in [6, 6.07) is 11.0. The Morgan fingerprint density at radius 2 is 1.76 bits per heavy atom. The van der Waals surface area contributed by atoms with Crippen LogP contribution in [-0.4, -0.2) is 25.2 Å². The number of benzene rings is 1. The van der Waals surface area contributed by atoms with Gasteiger partial charge >= 0.3 is 0 Å². The van der Waals surface area contributed by atoms with Crippen LogP contribution < -0.4 is 10.2 Å². The van der Waals surface area contributed by atoms with E-state index < -0.39 is 0 Å². The lowest BCUT2D eigenvalue weighted by Gasteiger charge is -2.51. The first-order valence-electron chi connectivity index (χ1n) is 6.94. The van der Waals surface area contributed by atoms with E-state index in [-0.39, 0.29) is 0 Å². The van der Waals surface area contributed by atoms with Crippen LogP contribution in [0.3, 0.4) is 0 Å². The Labute approximate surface area is 104 Å². The standard InChI is InChI=1S/C15H22N2/c1-3-7-14(8-4-1)17-12-11-16-13-15(17)9-5-2-6-10-15/h1,3-4,7-8,16H,2,5-6,9-13H2. The van der Waals surface area contributed by atoms with Crippen LogP contribution in [0.1, 0.15) is 32.1 Å². The number of anilines is 1. The molecule has 1 saturated heterocycles. The number of hydrogen-bond acceptors (Lipinski definition) is 2. The van der Waals surface area contributed by atoms with Gasteiger partial charge in [-0.1, -0.05) is 37.5 Å².